The van der Waals surface area contributed by atoms with Crippen LogP contribution in [0.1, 0.15) is 5.56 Å². The Balaban J connectivity index is 2.07. The van der Waals surface area contributed by atoms with E-state index in [1.54, 1.807) is 25.4 Å². The molecule has 0 atom stereocenters. The Morgan fingerprint density at radius 1 is 1.37 bits per heavy atom. The van der Waals surface area contributed by atoms with Crippen molar-refractivity contribution < 1.29 is 9.66 Å². The van der Waals surface area contributed by atoms with Gasteiger partial charge in [0, 0.05) is 18.8 Å². The fourth-order valence-electron chi connectivity index (χ4n) is 1.45. The average Bonchev–Trinajstić information content (AvgIpc) is 2.46. The van der Waals surface area contributed by atoms with Gasteiger partial charge in [0.25, 0.3) is 0 Å². The predicted molar refractivity (Wildman–Crippen MR) is 69.0 cm³/mol. The highest BCUT2D eigenvalue weighted by Gasteiger charge is 2.15. The van der Waals surface area contributed by atoms with Gasteiger partial charge in [0.05, 0.1) is 0 Å². The highest BCUT2D eigenvalue weighted by atomic mass is 16.6. The molecule has 0 aliphatic heterocycles. The van der Waals surface area contributed by atoms with E-state index >= 15 is 0 Å². The molecule has 0 bridgehead atoms. The first-order valence-corrected chi connectivity index (χ1v) is 5.55. The number of nitro groups is 1. The van der Waals surface area contributed by atoms with E-state index in [0.29, 0.717) is 0 Å². The highest BCUT2D eigenvalue weighted by molar-refractivity contribution is 5.39. The Morgan fingerprint density at radius 2 is 2.21 bits per heavy atom. The molecule has 0 saturated heterocycles. The topological polar surface area (TPSA) is 90.2 Å². The third-order valence-electron chi connectivity index (χ3n) is 2.40. The van der Waals surface area contributed by atoms with Crippen molar-refractivity contribution in [1.29, 1.82) is 0 Å². The zero-order valence-electron chi connectivity index (χ0n) is 10.2. The molecule has 0 unspecified atom stereocenters. The molecule has 2 heterocycles. The van der Waals surface area contributed by atoms with Crippen molar-refractivity contribution in [2.75, 3.05) is 12.4 Å². The number of nitrogens with zero attached hydrogens (tertiary/aromatic N) is 3. The van der Waals surface area contributed by atoms with Gasteiger partial charge in [-0.15, -0.1) is 0 Å². The lowest BCUT2D eigenvalue weighted by Crippen LogP contribution is -2.01. The lowest BCUT2D eigenvalue weighted by molar-refractivity contribution is -0.390. The van der Waals surface area contributed by atoms with Crippen LogP contribution < -0.4 is 10.1 Å². The van der Waals surface area contributed by atoms with Gasteiger partial charge < -0.3 is 20.2 Å². The summed E-state index contributed by atoms with van der Waals surface area (Å²) in [5.41, 5.74) is 0.817. The second-order valence-corrected chi connectivity index (χ2v) is 3.67. The van der Waals surface area contributed by atoms with Crippen LogP contribution in [0.25, 0.3) is 0 Å². The zero-order chi connectivity index (χ0) is 13.7. The molecule has 0 aromatic carbocycles. The van der Waals surface area contributed by atoms with Crippen LogP contribution in [0.3, 0.4) is 0 Å². The van der Waals surface area contributed by atoms with Crippen molar-refractivity contribution in [3.63, 3.8) is 0 Å². The maximum Gasteiger partial charge on any atom is 0.406 e. The number of ether oxygens (including phenoxy) is 1. The minimum absolute atomic E-state index is 0.144. The zero-order valence-corrected chi connectivity index (χ0v) is 10.2. The molecular formula is C12H12N4O3. The van der Waals surface area contributed by atoms with Crippen molar-refractivity contribution >= 4 is 11.6 Å². The standard InChI is InChI=1S/C12H12N4O3/c1-13-11-5-4-9(7-15-11)8-19-10-3-2-6-14-12(10)16(17)18/h2-7H,8H2,1H3,(H,13,15). The van der Waals surface area contributed by atoms with Crippen LogP contribution in [0, 0.1) is 10.1 Å². The van der Waals surface area contributed by atoms with Gasteiger partial charge in [0.2, 0.25) is 5.75 Å². The van der Waals surface area contributed by atoms with Crippen molar-refractivity contribution in [2.45, 2.75) is 6.61 Å². The molecule has 2 rings (SSSR count). The Hall–Kier alpha value is -2.70. The van der Waals surface area contributed by atoms with Crippen molar-refractivity contribution in [2.24, 2.45) is 0 Å². The van der Waals surface area contributed by atoms with E-state index in [0.717, 1.165) is 11.4 Å². The molecule has 0 spiro atoms. The molecule has 7 heteroatoms. The average molecular weight is 260 g/mol. The lowest BCUT2D eigenvalue weighted by atomic mass is 10.3. The summed E-state index contributed by atoms with van der Waals surface area (Å²) in [6, 6.07) is 6.74. The van der Waals surface area contributed by atoms with Crippen LogP contribution in [0.2, 0.25) is 0 Å². The van der Waals surface area contributed by atoms with Gasteiger partial charge in [-0.25, -0.2) is 4.98 Å². The first kappa shape index (κ1) is 12.7. The second-order valence-electron chi connectivity index (χ2n) is 3.67. The van der Waals surface area contributed by atoms with Gasteiger partial charge in [-0.3, -0.25) is 0 Å². The molecular weight excluding hydrogens is 248 g/mol. The Bertz CT molecular complexity index is 571. The Morgan fingerprint density at radius 3 is 2.84 bits per heavy atom. The molecule has 0 amide bonds. The van der Waals surface area contributed by atoms with E-state index in [2.05, 4.69) is 15.3 Å². The number of aromatic nitrogens is 2. The monoisotopic (exact) mass is 260 g/mol. The smallest absolute Gasteiger partial charge is 0.406 e. The Labute approximate surface area is 109 Å². The van der Waals surface area contributed by atoms with E-state index < -0.39 is 4.92 Å². The van der Waals surface area contributed by atoms with Crippen molar-refractivity contribution in [1.82, 2.24) is 9.97 Å². The van der Waals surface area contributed by atoms with Gasteiger partial charge in [0.1, 0.15) is 18.6 Å². The van der Waals surface area contributed by atoms with E-state index in [9.17, 15) is 10.1 Å². The summed E-state index contributed by atoms with van der Waals surface area (Å²) in [4.78, 5) is 18.0. The highest BCUT2D eigenvalue weighted by Crippen LogP contribution is 2.23. The minimum Gasteiger partial charge on any atom is -0.481 e. The normalized spacial score (nSPS) is 9.95. The Kier molecular flexibility index (Phi) is 3.87. The number of hydrogen-bond acceptors (Lipinski definition) is 6. The number of rotatable bonds is 5. The maximum atomic E-state index is 10.8. The van der Waals surface area contributed by atoms with Gasteiger partial charge in [-0.1, -0.05) is 6.07 Å². The molecule has 0 aliphatic carbocycles. The van der Waals surface area contributed by atoms with Crippen LogP contribution >= 0.6 is 0 Å². The maximum absolute atomic E-state index is 10.8. The van der Waals surface area contributed by atoms with Crippen LogP contribution in [-0.4, -0.2) is 21.9 Å². The fourth-order valence-corrected chi connectivity index (χ4v) is 1.45. The molecule has 0 aliphatic rings. The number of hydrogen-bond donors (Lipinski definition) is 1. The summed E-state index contributed by atoms with van der Waals surface area (Å²) in [5.74, 6) is 0.601. The first-order valence-electron chi connectivity index (χ1n) is 5.55. The van der Waals surface area contributed by atoms with Gasteiger partial charge in [-0.2, -0.15) is 0 Å². The van der Waals surface area contributed by atoms with E-state index in [-0.39, 0.29) is 18.2 Å². The molecule has 0 radical (unpaired) electrons. The number of nitrogens with one attached hydrogen (secondary N) is 1. The summed E-state index contributed by atoms with van der Waals surface area (Å²) in [6.07, 6.45) is 3.00. The van der Waals surface area contributed by atoms with Gasteiger partial charge >= 0.3 is 5.82 Å². The molecule has 7 nitrogen and oxygen atoms in total. The molecule has 0 fully saturated rings. The number of pyridine rings is 2. The van der Waals surface area contributed by atoms with Crippen LogP contribution in [0.5, 0.6) is 5.75 Å². The molecule has 1 N–H and O–H groups in total. The van der Waals surface area contributed by atoms with Crippen molar-refractivity contribution in [3.8, 4) is 5.75 Å². The lowest BCUT2D eigenvalue weighted by Gasteiger charge is -2.06. The SMILES string of the molecule is CNc1ccc(COc2cccnc2[N+](=O)[O-])cn1. The molecule has 2 aromatic rings. The van der Waals surface area contributed by atoms with Gasteiger partial charge in [0.15, 0.2) is 0 Å². The van der Waals surface area contributed by atoms with Crippen molar-refractivity contribution in [3.05, 3.63) is 52.3 Å². The van der Waals surface area contributed by atoms with Crippen LogP contribution in [0.4, 0.5) is 11.6 Å². The molecule has 19 heavy (non-hydrogen) atoms. The van der Waals surface area contributed by atoms with E-state index in [1.807, 2.05) is 6.07 Å². The summed E-state index contributed by atoms with van der Waals surface area (Å²) in [7, 11) is 1.78. The van der Waals surface area contributed by atoms with E-state index in [4.69, 9.17) is 4.74 Å². The summed E-state index contributed by atoms with van der Waals surface area (Å²) >= 11 is 0. The van der Waals surface area contributed by atoms with Crippen LogP contribution in [-0.2, 0) is 6.61 Å². The molecule has 0 saturated carbocycles. The fraction of sp³-hybridized carbons (Fsp3) is 0.167. The van der Waals surface area contributed by atoms with E-state index in [1.165, 1.54) is 12.3 Å². The molecule has 98 valence electrons. The van der Waals surface area contributed by atoms with Gasteiger partial charge in [-0.05, 0) is 28.1 Å². The quantitative estimate of drug-likeness (QED) is 0.653. The second kappa shape index (κ2) is 5.76. The third-order valence-corrected chi connectivity index (χ3v) is 2.40. The third kappa shape index (κ3) is 3.15. The van der Waals surface area contributed by atoms with Crippen LogP contribution in [0.15, 0.2) is 36.7 Å². The summed E-state index contributed by atoms with van der Waals surface area (Å²) in [5, 5.41) is 13.7. The predicted octanol–water partition coefficient (Wildman–Crippen LogP) is 2.01. The largest absolute Gasteiger partial charge is 0.481 e. The molecule has 2 aromatic heterocycles. The first-order chi connectivity index (χ1) is 9.20. The number of anilines is 1. The summed E-state index contributed by atoms with van der Waals surface area (Å²) in [6.45, 7) is 0.198. The minimum atomic E-state index is -0.572. The summed E-state index contributed by atoms with van der Waals surface area (Å²) < 4.78 is 5.39.